The standard InChI is InChI=1S/C23H19BrN2O5/c1-29-20-11-13(24)10-16(21(20)27)22-25-17-5-3-2-4-15(17)23(28)26(22)14-6-7-18-19(12-14)31-9-8-30-18/h2-7,10-12,22,25,27H,8-9H2,1H3. The van der Waals surface area contributed by atoms with Gasteiger partial charge in [0.15, 0.2) is 23.0 Å². The highest BCUT2D eigenvalue weighted by molar-refractivity contribution is 9.10. The lowest BCUT2D eigenvalue weighted by atomic mass is 10.0. The molecule has 0 spiro atoms. The number of amides is 1. The molecule has 0 saturated heterocycles. The quantitative estimate of drug-likeness (QED) is 0.562. The highest BCUT2D eigenvalue weighted by atomic mass is 79.9. The van der Waals surface area contributed by atoms with Crippen LogP contribution in [-0.4, -0.2) is 31.3 Å². The molecular weight excluding hydrogens is 464 g/mol. The summed E-state index contributed by atoms with van der Waals surface area (Å²) in [5.74, 6) is 1.27. The maximum atomic E-state index is 13.6. The minimum absolute atomic E-state index is 0.0436. The molecule has 0 fully saturated rings. The Balaban J connectivity index is 1.68. The van der Waals surface area contributed by atoms with Gasteiger partial charge in [0.1, 0.15) is 19.4 Å². The summed E-state index contributed by atoms with van der Waals surface area (Å²) < 4.78 is 17.4. The van der Waals surface area contributed by atoms with E-state index in [1.165, 1.54) is 7.11 Å². The summed E-state index contributed by atoms with van der Waals surface area (Å²) in [4.78, 5) is 15.2. The molecule has 1 unspecified atom stereocenters. The van der Waals surface area contributed by atoms with Crippen LogP contribution in [0.1, 0.15) is 22.1 Å². The van der Waals surface area contributed by atoms with Crippen LogP contribution in [0.2, 0.25) is 0 Å². The monoisotopic (exact) mass is 482 g/mol. The number of benzene rings is 3. The summed E-state index contributed by atoms with van der Waals surface area (Å²) in [6.45, 7) is 0.927. The Morgan fingerprint density at radius 2 is 1.87 bits per heavy atom. The second-order valence-electron chi connectivity index (χ2n) is 7.14. The average Bonchev–Trinajstić information content (AvgIpc) is 2.80. The summed E-state index contributed by atoms with van der Waals surface area (Å²) in [6.07, 6.45) is -0.684. The van der Waals surface area contributed by atoms with E-state index in [1.54, 1.807) is 41.3 Å². The second kappa shape index (κ2) is 7.70. The van der Waals surface area contributed by atoms with Crippen LogP contribution in [0, 0.1) is 0 Å². The number of phenolic OH excluding ortho intramolecular Hbond substituents is 1. The van der Waals surface area contributed by atoms with Gasteiger partial charge in [-0.25, -0.2) is 0 Å². The number of methoxy groups -OCH3 is 1. The van der Waals surface area contributed by atoms with Gasteiger partial charge in [0.05, 0.1) is 18.4 Å². The number of hydrogen-bond acceptors (Lipinski definition) is 6. The van der Waals surface area contributed by atoms with Crippen LogP contribution in [0.25, 0.3) is 0 Å². The number of nitrogens with one attached hydrogen (secondary N) is 1. The van der Waals surface area contributed by atoms with Crippen molar-refractivity contribution in [1.29, 1.82) is 0 Å². The van der Waals surface area contributed by atoms with Gasteiger partial charge >= 0.3 is 0 Å². The third kappa shape index (κ3) is 3.33. The van der Waals surface area contributed by atoms with E-state index in [1.807, 2.05) is 18.2 Å². The van der Waals surface area contributed by atoms with E-state index in [9.17, 15) is 9.90 Å². The van der Waals surface area contributed by atoms with Crippen LogP contribution in [0.5, 0.6) is 23.0 Å². The molecule has 158 valence electrons. The van der Waals surface area contributed by atoms with Crippen molar-refractivity contribution in [3.8, 4) is 23.0 Å². The summed E-state index contributed by atoms with van der Waals surface area (Å²) in [5, 5.41) is 14.3. The van der Waals surface area contributed by atoms with Crippen molar-refractivity contribution in [3.63, 3.8) is 0 Å². The molecular formula is C23H19BrN2O5. The summed E-state index contributed by atoms with van der Waals surface area (Å²) in [5.41, 5.74) is 2.32. The minimum Gasteiger partial charge on any atom is -0.504 e. The fraction of sp³-hybridized carbons (Fsp3) is 0.174. The lowest BCUT2D eigenvalue weighted by Gasteiger charge is -2.38. The van der Waals surface area contributed by atoms with Gasteiger partial charge in [0.25, 0.3) is 5.91 Å². The first-order valence-electron chi connectivity index (χ1n) is 9.72. The minimum atomic E-state index is -0.684. The predicted octanol–water partition coefficient (Wildman–Crippen LogP) is 4.71. The van der Waals surface area contributed by atoms with Gasteiger partial charge in [-0.05, 0) is 36.4 Å². The average molecular weight is 483 g/mol. The maximum absolute atomic E-state index is 13.6. The number of phenols is 1. The number of anilines is 2. The van der Waals surface area contributed by atoms with Crippen LogP contribution in [0.15, 0.2) is 59.1 Å². The zero-order chi connectivity index (χ0) is 21.5. The number of carbonyl (C=O) groups excluding carboxylic acids is 1. The molecule has 8 heteroatoms. The van der Waals surface area contributed by atoms with Gasteiger partial charge in [-0.2, -0.15) is 0 Å². The smallest absolute Gasteiger partial charge is 0.262 e. The zero-order valence-electron chi connectivity index (χ0n) is 16.6. The molecule has 0 bridgehead atoms. The van der Waals surface area contributed by atoms with Crippen LogP contribution in [0.4, 0.5) is 11.4 Å². The van der Waals surface area contributed by atoms with E-state index in [2.05, 4.69) is 21.2 Å². The Morgan fingerprint density at radius 1 is 1.10 bits per heavy atom. The Morgan fingerprint density at radius 3 is 2.68 bits per heavy atom. The number of halogens is 1. The van der Waals surface area contributed by atoms with Crippen molar-refractivity contribution in [2.24, 2.45) is 0 Å². The van der Waals surface area contributed by atoms with Crippen LogP contribution in [-0.2, 0) is 0 Å². The molecule has 0 saturated carbocycles. The zero-order valence-corrected chi connectivity index (χ0v) is 18.2. The fourth-order valence-electron chi connectivity index (χ4n) is 3.88. The third-order valence-corrected chi connectivity index (χ3v) is 5.77. The molecule has 5 rings (SSSR count). The number of rotatable bonds is 3. The Hall–Kier alpha value is -3.39. The van der Waals surface area contributed by atoms with Crippen LogP contribution >= 0.6 is 15.9 Å². The highest BCUT2D eigenvalue weighted by Gasteiger charge is 2.36. The first kappa shape index (κ1) is 19.6. The summed E-state index contributed by atoms with van der Waals surface area (Å²) in [6, 6.07) is 16.1. The number of para-hydroxylation sites is 1. The van der Waals surface area contributed by atoms with Crippen molar-refractivity contribution in [2.75, 3.05) is 30.5 Å². The molecule has 1 amide bonds. The number of ether oxygens (including phenoxy) is 3. The molecule has 1 atom stereocenters. The molecule has 0 radical (unpaired) electrons. The fourth-order valence-corrected chi connectivity index (χ4v) is 4.33. The number of hydrogen-bond donors (Lipinski definition) is 2. The molecule has 3 aromatic rings. The first-order valence-corrected chi connectivity index (χ1v) is 10.5. The molecule has 2 heterocycles. The Labute approximate surface area is 187 Å². The van der Waals surface area contributed by atoms with Gasteiger partial charge in [0, 0.05) is 21.8 Å². The van der Waals surface area contributed by atoms with Gasteiger partial charge in [-0.1, -0.05) is 28.1 Å². The Kier molecular flexibility index (Phi) is 4.86. The number of carbonyl (C=O) groups is 1. The highest BCUT2D eigenvalue weighted by Crippen LogP contribution is 2.45. The van der Waals surface area contributed by atoms with Crippen molar-refractivity contribution in [2.45, 2.75) is 6.17 Å². The van der Waals surface area contributed by atoms with E-state index < -0.39 is 6.17 Å². The summed E-state index contributed by atoms with van der Waals surface area (Å²) in [7, 11) is 1.48. The Bertz CT molecular complexity index is 1180. The van der Waals surface area contributed by atoms with E-state index in [0.717, 1.165) is 0 Å². The molecule has 31 heavy (non-hydrogen) atoms. The first-order chi connectivity index (χ1) is 15.1. The van der Waals surface area contributed by atoms with Crippen molar-refractivity contribution >= 4 is 33.2 Å². The number of fused-ring (bicyclic) bond motifs is 2. The van der Waals surface area contributed by atoms with Crippen molar-refractivity contribution < 1.29 is 24.1 Å². The van der Waals surface area contributed by atoms with Crippen molar-refractivity contribution in [1.82, 2.24) is 0 Å². The normalized spacial score (nSPS) is 17.0. The molecule has 7 nitrogen and oxygen atoms in total. The number of aromatic hydroxyl groups is 1. The SMILES string of the molecule is COc1cc(Br)cc(C2Nc3ccccc3C(=O)N2c2ccc3c(c2)OCCO3)c1O. The molecule has 0 aliphatic carbocycles. The van der Waals surface area contributed by atoms with Gasteiger partial charge in [-0.15, -0.1) is 0 Å². The molecule has 2 aliphatic heterocycles. The van der Waals surface area contributed by atoms with E-state index >= 15 is 0 Å². The topological polar surface area (TPSA) is 80.3 Å². The lowest BCUT2D eigenvalue weighted by molar-refractivity contribution is 0.0974. The van der Waals surface area contributed by atoms with E-state index in [4.69, 9.17) is 14.2 Å². The largest absolute Gasteiger partial charge is 0.504 e. The molecule has 2 N–H and O–H groups in total. The predicted molar refractivity (Wildman–Crippen MR) is 119 cm³/mol. The van der Waals surface area contributed by atoms with Crippen LogP contribution < -0.4 is 24.4 Å². The maximum Gasteiger partial charge on any atom is 0.262 e. The van der Waals surface area contributed by atoms with Gasteiger partial charge in [0.2, 0.25) is 0 Å². The second-order valence-corrected chi connectivity index (χ2v) is 8.06. The van der Waals surface area contributed by atoms with E-state index in [-0.39, 0.29) is 11.7 Å². The van der Waals surface area contributed by atoms with Crippen molar-refractivity contribution in [3.05, 3.63) is 70.2 Å². The summed E-state index contributed by atoms with van der Waals surface area (Å²) >= 11 is 3.47. The molecule has 3 aromatic carbocycles. The lowest BCUT2D eigenvalue weighted by Crippen LogP contribution is -2.43. The van der Waals surface area contributed by atoms with E-state index in [0.29, 0.717) is 57.4 Å². The molecule has 2 aliphatic rings. The molecule has 0 aromatic heterocycles. The van der Waals surface area contributed by atoms with Gasteiger partial charge < -0.3 is 24.6 Å². The third-order valence-electron chi connectivity index (χ3n) is 5.31. The van der Waals surface area contributed by atoms with Gasteiger partial charge in [-0.3, -0.25) is 9.69 Å². The number of nitrogens with zero attached hydrogens (tertiary/aromatic N) is 1. The van der Waals surface area contributed by atoms with Crippen LogP contribution in [0.3, 0.4) is 0 Å².